The molecule has 88 valence electrons. The summed E-state index contributed by atoms with van der Waals surface area (Å²) in [5, 5.41) is 0.102. The van der Waals surface area contributed by atoms with Gasteiger partial charge in [-0.3, -0.25) is 4.79 Å². The van der Waals surface area contributed by atoms with Crippen molar-refractivity contribution >= 4 is 40.1 Å². The predicted octanol–water partition coefficient (Wildman–Crippen LogP) is 3.38. The summed E-state index contributed by atoms with van der Waals surface area (Å²) < 4.78 is 0.982. The first-order valence-electron chi connectivity index (χ1n) is 5.16. The van der Waals surface area contributed by atoms with Crippen LogP contribution in [0.2, 0.25) is 0 Å². The van der Waals surface area contributed by atoms with Crippen molar-refractivity contribution in [1.29, 1.82) is 0 Å². The van der Waals surface area contributed by atoms with Crippen LogP contribution < -0.4 is 0 Å². The van der Waals surface area contributed by atoms with Crippen LogP contribution in [0.5, 0.6) is 0 Å². The van der Waals surface area contributed by atoms with Crippen molar-refractivity contribution in [2.24, 2.45) is 0 Å². The van der Waals surface area contributed by atoms with E-state index >= 15 is 0 Å². The van der Waals surface area contributed by atoms with Gasteiger partial charge in [-0.25, -0.2) is 0 Å². The summed E-state index contributed by atoms with van der Waals surface area (Å²) in [5.74, 6) is 0.0577. The van der Waals surface area contributed by atoms with Crippen molar-refractivity contribution in [3.63, 3.8) is 0 Å². The van der Waals surface area contributed by atoms with Gasteiger partial charge in [0.05, 0.1) is 5.56 Å². The Bertz CT molecular complexity index is 368. The summed E-state index contributed by atoms with van der Waals surface area (Å²) in [6, 6.07) is 7.60. The highest BCUT2D eigenvalue weighted by Gasteiger charge is 2.14. The lowest BCUT2D eigenvalue weighted by atomic mass is 10.2. The van der Waals surface area contributed by atoms with Gasteiger partial charge in [-0.05, 0) is 48.1 Å². The highest BCUT2D eigenvalue weighted by molar-refractivity contribution is 14.1. The highest BCUT2D eigenvalue weighted by atomic mass is 127. The molecule has 0 radical (unpaired) electrons. The number of carbonyl (C=O) groups is 1. The monoisotopic (exact) mass is 351 g/mol. The fourth-order valence-corrected chi connectivity index (χ4v) is 2.03. The number of rotatable bonds is 4. The maximum Gasteiger partial charge on any atom is 0.254 e. The molecule has 1 aromatic carbocycles. The lowest BCUT2D eigenvalue weighted by molar-refractivity contribution is 0.0792. The molecule has 1 rings (SSSR count). The zero-order valence-electron chi connectivity index (χ0n) is 9.41. The third-order valence-electron chi connectivity index (χ3n) is 2.31. The van der Waals surface area contributed by atoms with Gasteiger partial charge >= 0.3 is 0 Å². The molecule has 1 amide bonds. The highest BCUT2D eigenvalue weighted by Crippen LogP contribution is 2.14. The fraction of sp³-hybridized carbons (Fsp3) is 0.417. The summed E-state index contributed by atoms with van der Waals surface area (Å²) in [6.07, 6.45) is 0.813. The van der Waals surface area contributed by atoms with Crippen LogP contribution in [-0.2, 0) is 0 Å². The Labute approximate surface area is 115 Å². The molecule has 0 heterocycles. The second-order valence-corrected chi connectivity index (χ2v) is 5.68. The van der Waals surface area contributed by atoms with Gasteiger partial charge in [-0.1, -0.05) is 12.1 Å². The predicted molar refractivity (Wildman–Crippen MR) is 76.1 cm³/mol. The van der Waals surface area contributed by atoms with Gasteiger partial charge in [0.15, 0.2) is 0 Å². The van der Waals surface area contributed by atoms with Gasteiger partial charge in [0.1, 0.15) is 0 Å². The average Bonchev–Trinajstić information content (AvgIpc) is 2.25. The van der Waals surface area contributed by atoms with E-state index in [-0.39, 0.29) is 11.3 Å². The summed E-state index contributed by atoms with van der Waals surface area (Å²) in [5.41, 5.74) is 0.757. The van der Waals surface area contributed by atoms with E-state index in [0.29, 0.717) is 6.54 Å². The SMILES string of the molecule is CC(Cl)CCN(C)C(=O)c1ccccc1I. The van der Waals surface area contributed by atoms with Gasteiger partial charge < -0.3 is 4.90 Å². The number of nitrogens with zero attached hydrogens (tertiary/aromatic N) is 1. The van der Waals surface area contributed by atoms with Crippen molar-refractivity contribution in [3.8, 4) is 0 Å². The Morgan fingerprint density at radius 3 is 2.69 bits per heavy atom. The van der Waals surface area contributed by atoms with Gasteiger partial charge in [0.25, 0.3) is 5.91 Å². The Balaban J connectivity index is 2.67. The van der Waals surface area contributed by atoms with Crippen LogP contribution in [0, 0.1) is 3.57 Å². The number of benzene rings is 1. The molecule has 0 spiro atoms. The smallest absolute Gasteiger partial charge is 0.254 e. The Hall–Kier alpha value is -0.290. The van der Waals surface area contributed by atoms with Crippen molar-refractivity contribution in [2.75, 3.05) is 13.6 Å². The van der Waals surface area contributed by atoms with Gasteiger partial charge in [0, 0.05) is 22.5 Å². The molecule has 1 unspecified atom stereocenters. The summed E-state index contributed by atoms with van der Waals surface area (Å²) in [7, 11) is 1.81. The van der Waals surface area contributed by atoms with E-state index in [1.54, 1.807) is 4.90 Å². The molecule has 0 aromatic heterocycles. The van der Waals surface area contributed by atoms with Crippen molar-refractivity contribution in [1.82, 2.24) is 4.90 Å². The Morgan fingerprint density at radius 2 is 2.12 bits per heavy atom. The third kappa shape index (κ3) is 3.94. The van der Waals surface area contributed by atoms with Crippen LogP contribution in [-0.4, -0.2) is 29.8 Å². The summed E-state index contributed by atoms with van der Waals surface area (Å²) >= 11 is 8.04. The van der Waals surface area contributed by atoms with Crippen LogP contribution >= 0.6 is 34.2 Å². The lowest BCUT2D eigenvalue weighted by Crippen LogP contribution is -2.29. The number of halogens is 2. The first-order valence-corrected chi connectivity index (χ1v) is 6.68. The zero-order valence-corrected chi connectivity index (χ0v) is 12.3. The van der Waals surface area contributed by atoms with Gasteiger partial charge in [-0.15, -0.1) is 11.6 Å². The quantitative estimate of drug-likeness (QED) is 0.601. The molecule has 0 saturated heterocycles. The van der Waals surface area contributed by atoms with E-state index in [1.165, 1.54) is 0 Å². The standard InChI is InChI=1S/C12H15ClINO/c1-9(13)7-8-15(2)12(16)10-5-3-4-6-11(10)14/h3-6,9H,7-8H2,1-2H3. The molecule has 0 aliphatic carbocycles. The van der Waals surface area contributed by atoms with E-state index in [0.717, 1.165) is 15.6 Å². The topological polar surface area (TPSA) is 20.3 Å². The van der Waals surface area contributed by atoms with Crippen LogP contribution in [0.1, 0.15) is 23.7 Å². The van der Waals surface area contributed by atoms with Crippen LogP contribution in [0.4, 0.5) is 0 Å². The Kier molecular flexibility index (Phi) is 5.55. The number of hydrogen-bond acceptors (Lipinski definition) is 1. The maximum atomic E-state index is 12.1. The summed E-state index contributed by atoms with van der Waals surface area (Å²) in [6.45, 7) is 2.63. The number of alkyl halides is 1. The molecular formula is C12H15ClINO. The molecule has 0 fully saturated rings. The zero-order chi connectivity index (χ0) is 12.1. The first-order chi connectivity index (χ1) is 7.52. The van der Waals surface area contributed by atoms with Crippen LogP contribution in [0.15, 0.2) is 24.3 Å². The molecule has 0 saturated carbocycles. The van der Waals surface area contributed by atoms with Gasteiger partial charge in [-0.2, -0.15) is 0 Å². The number of carbonyl (C=O) groups excluding carboxylic acids is 1. The van der Waals surface area contributed by atoms with E-state index in [9.17, 15) is 4.79 Å². The first kappa shape index (κ1) is 13.8. The lowest BCUT2D eigenvalue weighted by Gasteiger charge is -2.18. The van der Waals surface area contributed by atoms with E-state index in [4.69, 9.17) is 11.6 Å². The molecule has 2 nitrogen and oxygen atoms in total. The van der Waals surface area contributed by atoms with Crippen molar-refractivity contribution in [2.45, 2.75) is 18.7 Å². The molecule has 1 atom stereocenters. The number of amides is 1. The average molecular weight is 352 g/mol. The fourth-order valence-electron chi connectivity index (χ4n) is 1.31. The largest absolute Gasteiger partial charge is 0.342 e. The van der Waals surface area contributed by atoms with Crippen molar-refractivity contribution in [3.05, 3.63) is 33.4 Å². The van der Waals surface area contributed by atoms with E-state index in [1.807, 2.05) is 38.2 Å². The van der Waals surface area contributed by atoms with Crippen molar-refractivity contribution < 1.29 is 4.79 Å². The normalized spacial score (nSPS) is 12.2. The summed E-state index contributed by atoms with van der Waals surface area (Å²) in [4.78, 5) is 13.8. The molecular weight excluding hydrogens is 336 g/mol. The minimum absolute atomic E-state index is 0.0577. The molecule has 0 aliphatic rings. The molecule has 1 aromatic rings. The van der Waals surface area contributed by atoms with Gasteiger partial charge in [0.2, 0.25) is 0 Å². The minimum atomic E-state index is 0.0577. The third-order valence-corrected chi connectivity index (χ3v) is 3.47. The molecule has 4 heteroatoms. The maximum absolute atomic E-state index is 12.1. The van der Waals surface area contributed by atoms with E-state index in [2.05, 4.69) is 22.6 Å². The molecule has 0 bridgehead atoms. The van der Waals surface area contributed by atoms with Crippen LogP contribution in [0.3, 0.4) is 0 Å². The van der Waals surface area contributed by atoms with Crippen LogP contribution in [0.25, 0.3) is 0 Å². The van der Waals surface area contributed by atoms with E-state index < -0.39 is 0 Å². The second-order valence-electron chi connectivity index (χ2n) is 3.78. The molecule has 0 aliphatic heterocycles. The number of hydrogen-bond donors (Lipinski definition) is 0. The molecule has 0 N–H and O–H groups in total. The Morgan fingerprint density at radius 1 is 1.50 bits per heavy atom. The minimum Gasteiger partial charge on any atom is -0.342 e. The molecule has 16 heavy (non-hydrogen) atoms. The second kappa shape index (κ2) is 6.45.